The Morgan fingerprint density at radius 2 is 2.29 bits per heavy atom. The summed E-state index contributed by atoms with van der Waals surface area (Å²) in [5, 5.41) is 11.9. The lowest BCUT2D eigenvalue weighted by Gasteiger charge is -2.31. The quantitative estimate of drug-likeness (QED) is 0.740. The first-order chi connectivity index (χ1) is 11.7. The van der Waals surface area contributed by atoms with E-state index in [0.29, 0.717) is 25.7 Å². The van der Waals surface area contributed by atoms with E-state index in [-0.39, 0.29) is 6.10 Å². The van der Waals surface area contributed by atoms with Gasteiger partial charge in [0, 0.05) is 32.7 Å². The number of hydrogen-bond acceptors (Lipinski definition) is 8. The van der Waals surface area contributed by atoms with Crippen LogP contribution in [0.5, 0.6) is 0 Å². The highest BCUT2D eigenvalue weighted by atomic mass is 16.5. The van der Waals surface area contributed by atoms with Gasteiger partial charge in [-0.1, -0.05) is 13.8 Å². The molecule has 3 rings (SSSR count). The van der Waals surface area contributed by atoms with Gasteiger partial charge in [0.2, 0.25) is 0 Å². The first-order valence-corrected chi connectivity index (χ1v) is 8.20. The fourth-order valence-corrected chi connectivity index (χ4v) is 2.67. The Labute approximate surface area is 140 Å². The molecule has 0 aliphatic carbocycles. The average Bonchev–Trinajstić information content (AvgIpc) is 3.22. The van der Waals surface area contributed by atoms with Gasteiger partial charge in [-0.25, -0.2) is 9.67 Å². The second kappa shape index (κ2) is 7.82. The van der Waals surface area contributed by atoms with Crippen LogP contribution >= 0.6 is 0 Å². The summed E-state index contributed by atoms with van der Waals surface area (Å²) in [5.41, 5.74) is 0.943. The number of rotatable bonds is 7. The molecule has 1 atom stereocenters. The Morgan fingerprint density at radius 1 is 1.42 bits per heavy atom. The van der Waals surface area contributed by atoms with Crippen molar-refractivity contribution in [2.24, 2.45) is 0 Å². The standard InChI is InChI=1S/C15H24N6O3/c1-11(2)15-16-12(10-24-15)8-20-4-7-23-13(9-20)14-17-18-19-21(14)5-6-22-3/h10-11,13H,4-9H2,1-3H3. The topological polar surface area (TPSA) is 91.3 Å². The lowest BCUT2D eigenvalue weighted by Crippen LogP contribution is -2.39. The molecule has 9 heteroatoms. The Morgan fingerprint density at radius 3 is 3.04 bits per heavy atom. The largest absolute Gasteiger partial charge is 0.448 e. The van der Waals surface area contributed by atoms with Crippen molar-refractivity contribution in [3.63, 3.8) is 0 Å². The van der Waals surface area contributed by atoms with E-state index in [2.05, 4.69) is 39.3 Å². The maximum absolute atomic E-state index is 5.86. The third kappa shape index (κ3) is 3.97. The number of morpholine rings is 1. The number of tetrazole rings is 1. The van der Waals surface area contributed by atoms with Crippen molar-refractivity contribution in [2.45, 2.75) is 39.0 Å². The van der Waals surface area contributed by atoms with E-state index < -0.39 is 0 Å². The number of ether oxygens (including phenoxy) is 2. The molecule has 2 aromatic rings. The molecule has 1 aliphatic rings. The first-order valence-electron chi connectivity index (χ1n) is 8.20. The normalized spacial score (nSPS) is 19.2. The molecule has 0 aromatic carbocycles. The lowest BCUT2D eigenvalue weighted by molar-refractivity contribution is -0.0400. The highest BCUT2D eigenvalue weighted by Gasteiger charge is 2.27. The highest BCUT2D eigenvalue weighted by Crippen LogP contribution is 2.22. The third-order valence-corrected chi connectivity index (χ3v) is 3.95. The number of hydrogen-bond donors (Lipinski definition) is 0. The minimum Gasteiger partial charge on any atom is -0.448 e. The summed E-state index contributed by atoms with van der Waals surface area (Å²) in [6.45, 7) is 8.25. The number of aromatic nitrogens is 5. The zero-order valence-corrected chi connectivity index (χ0v) is 14.4. The molecule has 0 bridgehead atoms. The average molecular weight is 336 g/mol. The molecule has 9 nitrogen and oxygen atoms in total. The Balaban J connectivity index is 1.62. The zero-order valence-electron chi connectivity index (χ0n) is 14.4. The maximum Gasteiger partial charge on any atom is 0.196 e. The molecule has 0 spiro atoms. The molecule has 0 saturated carbocycles. The van der Waals surface area contributed by atoms with Gasteiger partial charge in [-0.15, -0.1) is 5.10 Å². The molecule has 24 heavy (non-hydrogen) atoms. The van der Waals surface area contributed by atoms with E-state index >= 15 is 0 Å². The van der Waals surface area contributed by atoms with Gasteiger partial charge in [0.1, 0.15) is 12.4 Å². The van der Waals surface area contributed by atoms with E-state index in [1.165, 1.54) is 0 Å². The van der Waals surface area contributed by atoms with E-state index in [4.69, 9.17) is 13.9 Å². The molecule has 0 radical (unpaired) electrons. The van der Waals surface area contributed by atoms with Crippen LogP contribution in [-0.2, 0) is 22.6 Å². The van der Waals surface area contributed by atoms with Crippen molar-refractivity contribution in [1.82, 2.24) is 30.1 Å². The van der Waals surface area contributed by atoms with E-state index in [9.17, 15) is 0 Å². The summed E-state index contributed by atoms with van der Waals surface area (Å²) in [7, 11) is 1.66. The van der Waals surface area contributed by atoms with Crippen LogP contribution in [0.3, 0.4) is 0 Å². The van der Waals surface area contributed by atoms with Gasteiger partial charge in [0.25, 0.3) is 0 Å². The maximum atomic E-state index is 5.86. The molecule has 3 heterocycles. The fourth-order valence-electron chi connectivity index (χ4n) is 2.67. The van der Waals surface area contributed by atoms with Crippen LogP contribution in [0.15, 0.2) is 10.7 Å². The number of oxazole rings is 1. The summed E-state index contributed by atoms with van der Waals surface area (Å²) in [5.74, 6) is 1.81. The number of methoxy groups -OCH3 is 1. The Bertz CT molecular complexity index is 641. The van der Waals surface area contributed by atoms with Gasteiger partial charge in [0.05, 0.1) is 25.5 Å². The minimum atomic E-state index is -0.151. The Hall–Kier alpha value is -1.84. The molecule has 2 aromatic heterocycles. The van der Waals surface area contributed by atoms with Crippen LogP contribution in [0.25, 0.3) is 0 Å². The SMILES string of the molecule is COCCn1nnnc1C1CN(Cc2coc(C(C)C)n2)CCO1. The molecule has 0 N–H and O–H groups in total. The van der Waals surface area contributed by atoms with E-state index in [1.54, 1.807) is 18.1 Å². The van der Waals surface area contributed by atoms with Crippen LogP contribution in [0.4, 0.5) is 0 Å². The van der Waals surface area contributed by atoms with Crippen molar-refractivity contribution < 1.29 is 13.9 Å². The van der Waals surface area contributed by atoms with Crippen LogP contribution in [-0.4, -0.2) is 63.5 Å². The molecule has 1 saturated heterocycles. The van der Waals surface area contributed by atoms with Crippen molar-refractivity contribution in [1.29, 1.82) is 0 Å². The highest BCUT2D eigenvalue weighted by molar-refractivity contribution is 5.00. The van der Waals surface area contributed by atoms with E-state index in [1.807, 2.05) is 0 Å². The zero-order chi connectivity index (χ0) is 16.9. The summed E-state index contributed by atoms with van der Waals surface area (Å²) in [4.78, 5) is 6.82. The molecule has 1 aliphatic heterocycles. The molecule has 132 valence electrons. The monoisotopic (exact) mass is 336 g/mol. The fraction of sp³-hybridized carbons (Fsp3) is 0.733. The van der Waals surface area contributed by atoms with Crippen molar-refractivity contribution >= 4 is 0 Å². The van der Waals surface area contributed by atoms with Crippen LogP contribution in [0.1, 0.15) is 43.3 Å². The summed E-state index contributed by atoms with van der Waals surface area (Å²) < 4.78 is 18.2. The first kappa shape index (κ1) is 17.0. The van der Waals surface area contributed by atoms with Gasteiger partial charge < -0.3 is 13.9 Å². The predicted octanol–water partition coefficient (Wildman–Crippen LogP) is 1.00. The van der Waals surface area contributed by atoms with Crippen LogP contribution in [0, 0.1) is 0 Å². The Kier molecular flexibility index (Phi) is 5.54. The lowest BCUT2D eigenvalue weighted by atomic mass is 10.2. The smallest absolute Gasteiger partial charge is 0.196 e. The van der Waals surface area contributed by atoms with Gasteiger partial charge in [-0.2, -0.15) is 0 Å². The van der Waals surface area contributed by atoms with Gasteiger partial charge in [-0.3, -0.25) is 4.90 Å². The molecule has 1 fully saturated rings. The molecule has 1 unspecified atom stereocenters. The molecular formula is C15H24N6O3. The molecule has 0 amide bonds. The second-order valence-electron chi connectivity index (χ2n) is 6.18. The van der Waals surface area contributed by atoms with Gasteiger partial charge >= 0.3 is 0 Å². The van der Waals surface area contributed by atoms with Gasteiger partial charge in [-0.05, 0) is 10.4 Å². The van der Waals surface area contributed by atoms with Crippen LogP contribution in [0.2, 0.25) is 0 Å². The summed E-state index contributed by atoms with van der Waals surface area (Å²) in [6, 6.07) is 0. The molecular weight excluding hydrogens is 312 g/mol. The van der Waals surface area contributed by atoms with E-state index in [0.717, 1.165) is 37.0 Å². The van der Waals surface area contributed by atoms with Crippen molar-refractivity contribution in [2.75, 3.05) is 33.4 Å². The summed E-state index contributed by atoms with van der Waals surface area (Å²) >= 11 is 0. The second-order valence-corrected chi connectivity index (χ2v) is 6.18. The number of nitrogens with zero attached hydrogens (tertiary/aromatic N) is 6. The van der Waals surface area contributed by atoms with Crippen molar-refractivity contribution in [3.05, 3.63) is 23.7 Å². The summed E-state index contributed by atoms with van der Waals surface area (Å²) in [6.07, 6.45) is 1.59. The predicted molar refractivity (Wildman–Crippen MR) is 84.3 cm³/mol. The third-order valence-electron chi connectivity index (χ3n) is 3.95. The van der Waals surface area contributed by atoms with Crippen LogP contribution < -0.4 is 0 Å². The minimum absolute atomic E-state index is 0.151. The van der Waals surface area contributed by atoms with Gasteiger partial charge in [0.15, 0.2) is 11.7 Å². The van der Waals surface area contributed by atoms with Crippen molar-refractivity contribution in [3.8, 4) is 0 Å².